The molecule has 2 aromatic heterocycles. The highest BCUT2D eigenvalue weighted by atomic mass is 16.1. The molecule has 22 heavy (non-hydrogen) atoms. The maximum absolute atomic E-state index is 12.2. The number of Topliss-reactive ketones (excluding diaryl/α,β-unsaturated/α-hetero) is 1. The topological polar surface area (TPSA) is 60.7 Å². The number of hydrogen-bond donors (Lipinski definition) is 0. The SMILES string of the molecule is O=C1CCCCC1c1ncnc2c1cnn2-c1ccccc1. The van der Waals surface area contributed by atoms with E-state index in [9.17, 15) is 4.79 Å². The van der Waals surface area contributed by atoms with Gasteiger partial charge in [-0.15, -0.1) is 0 Å². The number of rotatable bonds is 2. The number of carbonyl (C=O) groups excluding carboxylic acids is 1. The van der Waals surface area contributed by atoms with Crippen LogP contribution in [0.4, 0.5) is 0 Å². The predicted octanol–water partition coefficient (Wildman–Crippen LogP) is 3.04. The van der Waals surface area contributed by atoms with E-state index in [-0.39, 0.29) is 5.92 Å². The molecule has 1 aromatic carbocycles. The molecule has 0 bridgehead atoms. The molecular formula is C17H16N4O. The van der Waals surface area contributed by atoms with Crippen molar-refractivity contribution in [1.29, 1.82) is 0 Å². The number of ketones is 1. The zero-order valence-electron chi connectivity index (χ0n) is 12.1. The van der Waals surface area contributed by atoms with Crippen molar-refractivity contribution in [3.8, 4) is 5.69 Å². The summed E-state index contributed by atoms with van der Waals surface area (Å²) in [4.78, 5) is 21.0. The average Bonchev–Trinajstić information content (AvgIpc) is 3.00. The van der Waals surface area contributed by atoms with E-state index in [0.29, 0.717) is 12.2 Å². The quantitative estimate of drug-likeness (QED) is 0.728. The third kappa shape index (κ3) is 2.09. The first-order valence-corrected chi connectivity index (χ1v) is 7.61. The lowest BCUT2D eigenvalue weighted by atomic mass is 9.85. The molecule has 1 aliphatic rings. The summed E-state index contributed by atoms with van der Waals surface area (Å²) in [6, 6.07) is 9.88. The predicted molar refractivity (Wildman–Crippen MR) is 82.9 cm³/mol. The summed E-state index contributed by atoms with van der Waals surface area (Å²) in [6.45, 7) is 0. The van der Waals surface area contributed by atoms with Gasteiger partial charge in [0.15, 0.2) is 5.65 Å². The number of fused-ring (bicyclic) bond motifs is 1. The fraction of sp³-hybridized carbons (Fsp3) is 0.294. The first-order valence-electron chi connectivity index (χ1n) is 7.61. The highest BCUT2D eigenvalue weighted by molar-refractivity contribution is 5.91. The summed E-state index contributed by atoms with van der Waals surface area (Å²) in [5, 5.41) is 5.33. The molecule has 5 nitrogen and oxygen atoms in total. The Morgan fingerprint density at radius 3 is 2.77 bits per heavy atom. The van der Waals surface area contributed by atoms with Gasteiger partial charge in [-0.25, -0.2) is 14.6 Å². The summed E-state index contributed by atoms with van der Waals surface area (Å²) < 4.78 is 1.80. The van der Waals surface area contributed by atoms with Gasteiger partial charge in [0.05, 0.1) is 28.9 Å². The summed E-state index contributed by atoms with van der Waals surface area (Å²) in [7, 11) is 0. The molecule has 0 N–H and O–H groups in total. The number of para-hydroxylation sites is 1. The lowest BCUT2D eigenvalue weighted by Gasteiger charge is -2.20. The second-order valence-corrected chi connectivity index (χ2v) is 5.65. The lowest BCUT2D eigenvalue weighted by molar-refractivity contribution is -0.121. The van der Waals surface area contributed by atoms with Crippen LogP contribution in [-0.2, 0) is 4.79 Å². The van der Waals surface area contributed by atoms with Crippen molar-refractivity contribution < 1.29 is 4.79 Å². The minimum absolute atomic E-state index is 0.104. The molecule has 1 saturated carbocycles. The van der Waals surface area contributed by atoms with Crippen LogP contribution in [0.15, 0.2) is 42.9 Å². The van der Waals surface area contributed by atoms with Gasteiger partial charge in [-0.3, -0.25) is 4.79 Å². The molecule has 4 rings (SSSR count). The van der Waals surface area contributed by atoms with Gasteiger partial charge in [-0.2, -0.15) is 5.10 Å². The Hall–Kier alpha value is -2.56. The van der Waals surface area contributed by atoms with E-state index in [4.69, 9.17) is 0 Å². The van der Waals surface area contributed by atoms with Gasteiger partial charge in [0, 0.05) is 6.42 Å². The largest absolute Gasteiger partial charge is 0.299 e. The number of carbonyl (C=O) groups is 1. The highest BCUT2D eigenvalue weighted by Crippen LogP contribution is 2.32. The third-order valence-corrected chi connectivity index (χ3v) is 4.28. The van der Waals surface area contributed by atoms with Crippen LogP contribution in [0.1, 0.15) is 37.3 Å². The smallest absolute Gasteiger partial charge is 0.166 e. The summed E-state index contributed by atoms with van der Waals surface area (Å²) in [5.74, 6) is 0.186. The van der Waals surface area contributed by atoms with Crippen LogP contribution in [0.25, 0.3) is 16.7 Å². The van der Waals surface area contributed by atoms with Crippen molar-refractivity contribution in [2.75, 3.05) is 0 Å². The van der Waals surface area contributed by atoms with Gasteiger partial charge in [0.1, 0.15) is 12.1 Å². The van der Waals surface area contributed by atoms with Gasteiger partial charge >= 0.3 is 0 Å². The lowest BCUT2D eigenvalue weighted by Crippen LogP contribution is -2.18. The Kier molecular flexibility index (Phi) is 3.18. The second-order valence-electron chi connectivity index (χ2n) is 5.65. The molecule has 1 fully saturated rings. The van der Waals surface area contributed by atoms with E-state index >= 15 is 0 Å². The molecule has 0 spiro atoms. The van der Waals surface area contributed by atoms with Gasteiger partial charge < -0.3 is 0 Å². The van der Waals surface area contributed by atoms with Gasteiger partial charge in [-0.1, -0.05) is 24.6 Å². The van der Waals surface area contributed by atoms with E-state index in [1.165, 1.54) is 0 Å². The van der Waals surface area contributed by atoms with Crippen LogP contribution in [0.3, 0.4) is 0 Å². The number of nitrogens with zero attached hydrogens (tertiary/aromatic N) is 4. The van der Waals surface area contributed by atoms with E-state index in [1.54, 1.807) is 17.2 Å². The minimum atomic E-state index is -0.104. The molecule has 1 aliphatic carbocycles. The number of hydrogen-bond acceptors (Lipinski definition) is 4. The molecule has 0 amide bonds. The zero-order chi connectivity index (χ0) is 14.9. The maximum atomic E-state index is 12.2. The Morgan fingerprint density at radius 2 is 1.95 bits per heavy atom. The van der Waals surface area contributed by atoms with Crippen LogP contribution >= 0.6 is 0 Å². The Bertz CT molecular complexity index is 825. The molecule has 0 radical (unpaired) electrons. The van der Waals surface area contributed by atoms with Crippen molar-refractivity contribution in [3.63, 3.8) is 0 Å². The number of benzene rings is 1. The van der Waals surface area contributed by atoms with Crippen molar-refractivity contribution in [1.82, 2.24) is 19.7 Å². The van der Waals surface area contributed by atoms with Crippen LogP contribution in [0, 0.1) is 0 Å². The van der Waals surface area contributed by atoms with E-state index < -0.39 is 0 Å². The van der Waals surface area contributed by atoms with Crippen molar-refractivity contribution >= 4 is 16.8 Å². The molecule has 1 atom stereocenters. The van der Waals surface area contributed by atoms with Crippen LogP contribution in [0.2, 0.25) is 0 Å². The average molecular weight is 292 g/mol. The van der Waals surface area contributed by atoms with E-state index in [2.05, 4.69) is 15.1 Å². The summed E-state index contributed by atoms with van der Waals surface area (Å²) in [6.07, 6.45) is 6.92. The van der Waals surface area contributed by atoms with Gasteiger partial charge in [0.25, 0.3) is 0 Å². The molecule has 0 aliphatic heterocycles. The summed E-state index contributed by atoms with van der Waals surface area (Å²) >= 11 is 0. The Labute approximate surface area is 128 Å². The van der Waals surface area contributed by atoms with Gasteiger partial charge in [-0.05, 0) is 25.0 Å². The van der Waals surface area contributed by atoms with Gasteiger partial charge in [0.2, 0.25) is 0 Å². The van der Waals surface area contributed by atoms with Crippen LogP contribution in [-0.4, -0.2) is 25.5 Å². The van der Waals surface area contributed by atoms with Crippen molar-refractivity contribution in [2.45, 2.75) is 31.6 Å². The molecule has 110 valence electrons. The first kappa shape index (κ1) is 13.1. The standard InChI is InChI=1S/C17H16N4O/c22-15-9-5-4-8-13(15)16-14-10-20-21(17(14)19-11-18-16)12-6-2-1-3-7-12/h1-3,6-7,10-11,13H,4-5,8-9H2. The monoisotopic (exact) mass is 292 g/mol. The molecule has 5 heteroatoms. The molecule has 2 heterocycles. The fourth-order valence-electron chi connectivity index (χ4n) is 3.17. The van der Waals surface area contributed by atoms with E-state index in [0.717, 1.165) is 41.7 Å². The normalized spacial score (nSPS) is 18.7. The maximum Gasteiger partial charge on any atom is 0.166 e. The third-order valence-electron chi connectivity index (χ3n) is 4.28. The van der Waals surface area contributed by atoms with E-state index in [1.807, 2.05) is 30.3 Å². The minimum Gasteiger partial charge on any atom is -0.299 e. The zero-order valence-corrected chi connectivity index (χ0v) is 12.1. The molecule has 3 aromatic rings. The van der Waals surface area contributed by atoms with Crippen molar-refractivity contribution in [3.05, 3.63) is 48.5 Å². The summed E-state index contributed by atoms with van der Waals surface area (Å²) in [5.41, 5.74) is 2.54. The fourth-order valence-corrected chi connectivity index (χ4v) is 3.17. The Balaban J connectivity index is 1.85. The Morgan fingerprint density at radius 1 is 1.09 bits per heavy atom. The van der Waals surface area contributed by atoms with Crippen molar-refractivity contribution in [2.24, 2.45) is 0 Å². The van der Waals surface area contributed by atoms with Crippen LogP contribution < -0.4 is 0 Å². The van der Waals surface area contributed by atoms with Crippen LogP contribution in [0.5, 0.6) is 0 Å². The first-order chi connectivity index (χ1) is 10.8. The molecular weight excluding hydrogens is 276 g/mol. The molecule has 0 saturated heterocycles. The second kappa shape index (κ2) is 5.33. The highest BCUT2D eigenvalue weighted by Gasteiger charge is 2.27. The number of aromatic nitrogens is 4. The molecule has 1 unspecified atom stereocenters.